The van der Waals surface area contributed by atoms with E-state index in [0.717, 1.165) is 6.42 Å². The predicted octanol–water partition coefficient (Wildman–Crippen LogP) is 0.305. The van der Waals surface area contributed by atoms with E-state index in [2.05, 4.69) is 5.32 Å². The molecule has 1 aliphatic heterocycles. The zero-order valence-electron chi connectivity index (χ0n) is 8.66. The number of ketones is 2. The number of Topliss-reactive ketones (excluding diaryl/α,β-unsaturated/α-hetero) is 2. The monoisotopic (exact) mass is 197 g/mol. The molecular weight excluding hydrogens is 182 g/mol. The number of carbonyl (C=O) groups excluding carboxylic acids is 3. The third kappa shape index (κ3) is 1.69. The van der Waals surface area contributed by atoms with Crippen molar-refractivity contribution in [1.29, 1.82) is 0 Å². The highest BCUT2D eigenvalue weighted by atomic mass is 16.2. The lowest BCUT2D eigenvalue weighted by molar-refractivity contribution is -0.135. The van der Waals surface area contributed by atoms with Crippen molar-refractivity contribution in [3.05, 3.63) is 0 Å². The summed E-state index contributed by atoms with van der Waals surface area (Å²) in [5.74, 6) is -2.03. The minimum absolute atomic E-state index is 0.0933. The highest BCUT2D eigenvalue weighted by Crippen LogP contribution is 2.20. The molecule has 0 aliphatic carbocycles. The summed E-state index contributed by atoms with van der Waals surface area (Å²) in [6.45, 7) is 5.12. The second kappa shape index (κ2) is 3.90. The van der Waals surface area contributed by atoms with Gasteiger partial charge in [-0.1, -0.05) is 20.3 Å². The van der Waals surface area contributed by atoms with Crippen LogP contribution in [0.25, 0.3) is 0 Å². The molecule has 0 saturated carbocycles. The molecule has 1 fully saturated rings. The van der Waals surface area contributed by atoms with Gasteiger partial charge < -0.3 is 5.32 Å². The fraction of sp³-hybridized carbons (Fsp3) is 0.700. The van der Waals surface area contributed by atoms with Crippen LogP contribution < -0.4 is 5.32 Å². The van der Waals surface area contributed by atoms with Crippen molar-refractivity contribution in [1.82, 2.24) is 5.32 Å². The minimum atomic E-state index is -1.06. The predicted molar refractivity (Wildman–Crippen MR) is 50.6 cm³/mol. The number of amides is 1. The van der Waals surface area contributed by atoms with Gasteiger partial charge in [0.1, 0.15) is 5.78 Å². The molecule has 0 radical (unpaired) electrons. The third-order valence-corrected chi connectivity index (χ3v) is 2.77. The number of hydrogen-bond donors (Lipinski definition) is 1. The smallest absolute Gasteiger partial charge is 0.238 e. The molecule has 1 saturated heterocycles. The molecule has 1 amide bonds. The van der Waals surface area contributed by atoms with Gasteiger partial charge in [0.15, 0.2) is 11.7 Å². The lowest BCUT2D eigenvalue weighted by Crippen LogP contribution is -2.35. The van der Waals surface area contributed by atoms with Gasteiger partial charge in [-0.25, -0.2) is 0 Å². The Labute approximate surface area is 83.1 Å². The van der Waals surface area contributed by atoms with Crippen LogP contribution in [0.2, 0.25) is 0 Å². The highest BCUT2D eigenvalue weighted by molar-refractivity contribution is 6.23. The van der Waals surface area contributed by atoms with E-state index in [4.69, 9.17) is 0 Å². The maximum absolute atomic E-state index is 11.7. The van der Waals surface area contributed by atoms with Crippen molar-refractivity contribution in [2.45, 2.75) is 33.2 Å². The van der Waals surface area contributed by atoms with Gasteiger partial charge in [-0.15, -0.1) is 0 Å². The van der Waals surface area contributed by atoms with Crippen molar-refractivity contribution >= 4 is 17.5 Å². The molecule has 0 unspecified atom stereocenters. The van der Waals surface area contributed by atoms with Crippen LogP contribution in [0.5, 0.6) is 0 Å². The Hall–Kier alpha value is -1.19. The molecule has 1 heterocycles. The molecule has 14 heavy (non-hydrogen) atoms. The summed E-state index contributed by atoms with van der Waals surface area (Å²) in [4.78, 5) is 34.0. The van der Waals surface area contributed by atoms with Gasteiger partial charge in [0.25, 0.3) is 0 Å². The summed E-state index contributed by atoms with van der Waals surface area (Å²) in [7, 11) is 0. The van der Waals surface area contributed by atoms with Crippen LogP contribution in [0, 0.1) is 11.8 Å². The SMILES string of the molecule is CC[C@H](C)[C@H]1NC(=O)[C@@H](C(C)=O)C1=O. The average molecular weight is 197 g/mol. The summed E-state index contributed by atoms with van der Waals surface area (Å²) in [5, 5.41) is 2.58. The van der Waals surface area contributed by atoms with Crippen molar-refractivity contribution in [2.75, 3.05) is 0 Å². The van der Waals surface area contributed by atoms with Crippen LogP contribution in [0.15, 0.2) is 0 Å². The zero-order valence-corrected chi connectivity index (χ0v) is 8.66. The van der Waals surface area contributed by atoms with Crippen molar-refractivity contribution in [3.8, 4) is 0 Å². The van der Waals surface area contributed by atoms with Crippen molar-refractivity contribution < 1.29 is 14.4 Å². The molecular formula is C10H15NO3. The van der Waals surface area contributed by atoms with Crippen LogP contribution in [0.4, 0.5) is 0 Å². The molecule has 0 bridgehead atoms. The summed E-state index contributed by atoms with van der Waals surface area (Å²) in [6, 6.07) is -0.471. The van der Waals surface area contributed by atoms with E-state index < -0.39 is 17.9 Å². The van der Waals surface area contributed by atoms with E-state index in [-0.39, 0.29) is 17.5 Å². The van der Waals surface area contributed by atoms with E-state index in [1.807, 2.05) is 13.8 Å². The number of carbonyl (C=O) groups is 3. The first-order valence-electron chi connectivity index (χ1n) is 4.83. The molecule has 1 N–H and O–H groups in total. The summed E-state index contributed by atoms with van der Waals surface area (Å²) < 4.78 is 0. The molecule has 0 aromatic heterocycles. The molecule has 4 heteroatoms. The highest BCUT2D eigenvalue weighted by Gasteiger charge is 2.45. The van der Waals surface area contributed by atoms with Gasteiger partial charge in [-0.05, 0) is 12.8 Å². The van der Waals surface area contributed by atoms with Crippen LogP contribution in [0.1, 0.15) is 27.2 Å². The average Bonchev–Trinajstić information content (AvgIpc) is 2.40. The number of nitrogens with one attached hydrogen (secondary N) is 1. The van der Waals surface area contributed by atoms with Gasteiger partial charge in [0.05, 0.1) is 6.04 Å². The largest absolute Gasteiger partial charge is 0.345 e. The van der Waals surface area contributed by atoms with Crippen LogP contribution in [-0.2, 0) is 14.4 Å². The standard InChI is InChI=1S/C10H15NO3/c1-4-5(2)8-9(13)7(6(3)12)10(14)11-8/h5,7-8H,4H2,1-3H3,(H,11,14)/t5-,7-,8+/m0/s1. The first-order valence-corrected chi connectivity index (χ1v) is 4.83. The maximum Gasteiger partial charge on any atom is 0.238 e. The van der Waals surface area contributed by atoms with E-state index in [1.54, 1.807) is 0 Å². The third-order valence-electron chi connectivity index (χ3n) is 2.77. The van der Waals surface area contributed by atoms with Crippen molar-refractivity contribution in [2.24, 2.45) is 11.8 Å². The van der Waals surface area contributed by atoms with Crippen LogP contribution in [-0.4, -0.2) is 23.5 Å². The maximum atomic E-state index is 11.7. The second-order valence-corrected chi connectivity index (χ2v) is 3.82. The topological polar surface area (TPSA) is 63.2 Å². The number of hydrogen-bond acceptors (Lipinski definition) is 3. The molecule has 0 aromatic rings. The van der Waals surface area contributed by atoms with Gasteiger partial charge in [0.2, 0.25) is 5.91 Å². The Kier molecular flexibility index (Phi) is 3.03. The Bertz CT molecular complexity index is 285. The van der Waals surface area contributed by atoms with Crippen LogP contribution >= 0.6 is 0 Å². The van der Waals surface area contributed by atoms with Crippen molar-refractivity contribution in [3.63, 3.8) is 0 Å². The molecule has 78 valence electrons. The zero-order chi connectivity index (χ0) is 10.9. The lowest BCUT2D eigenvalue weighted by Gasteiger charge is -2.15. The van der Waals surface area contributed by atoms with E-state index in [9.17, 15) is 14.4 Å². The summed E-state index contributed by atoms with van der Waals surface area (Å²) in [5.41, 5.74) is 0. The summed E-state index contributed by atoms with van der Waals surface area (Å²) in [6.07, 6.45) is 0.807. The van der Waals surface area contributed by atoms with Gasteiger partial charge in [0, 0.05) is 0 Å². The van der Waals surface area contributed by atoms with Gasteiger partial charge in [-0.3, -0.25) is 14.4 Å². The molecule has 4 nitrogen and oxygen atoms in total. The second-order valence-electron chi connectivity index (χ2n) is 3.82. The van der Waals surface area contributed by atoms with E-state index in [0.29, 0.717) is 0 Å². The van der Waals surface area contributed by atoms with E-state index >= 15 is 0 Å². The Balaban J connectivity index is 2.84. The molecule has 1 aliphatic rings. The first kappa shape index (κ1) is 10.9. The van der Waals surface area contributed by atoms with Crippen LogP contribution in [0.3, 0.4) is 0 Å². The summed E-state index contributed by atoms with van der Waals surface area (Å²) >= 11 is 0. The fourth-order valence-corrected chi connectivity index (χ4v) is 1.66. The van der Waals surface area contributed by atoms with E-state index in [1.165, 1.54) is 6.92 Å². The molecule has 0 spiro atoms. The Morgan fingerprint density at radius 3 is 2.43 bits per heavy atom. The van der Waals surface area contributed by atoms with Gasteiger partial charge in [-0.2, -0.15) is 0 Å². The molecule has 0 aromatic carbocycles. The Morgan fingerprint density at radius 2 is 2.07 bits per heavy atom. The molecule has 3 atom stereocenters. The minimum Gasteiger partial charge on any atom is -0.345 e. The molecule has 1 rings (SSSR count). The fourth-order valence-electron chi connectivity index (χ4n) is 1.66. The number of rotatable bonds is 3. The first-order chi connectivity index (χ1) is 6.49. The Morgan fingerprint density at radius 1 is 1.50 bits per heavy atom. The normalized spacial score (nSPS) is 28.8. The lowest BCUT2D eigenvalue weighted by atomic mass is 9.91. The quantitative estimate of drug-likeness (QED) is 0.662. The van der Waals surface area contributed by atoms with Gasteiger partial charge >= 0.3 is 0 Å².